The maximum Gasteiger partial charge on any atom is 0.233 e. The number of carbonyl (C=O) groups excluding carboxylic acids is 1. The summed E-state index contributed by atoms with van der Waals surface area (Å²) in [5.74, 6) is 1.02. The number of benzene rings is 2. The van der Waals surface area contributed by atoms with Gasteiger partial charge in [-0.05, 0) is 61.7 Å². The lowest BCUT2D eigenvalue weighted by molar-refractivity contribution is -0.120. The van der Waals surface area contributed by atoms with Crippen LogP contribution in [0.3, 0.4) is 0 Å². The van der Waals surface area contributed by atoms with Crippen LogP contribution in [0.2, 0.25) is 0 Å². The molecule has 2 heterocycles. The number of methoxy groups -OCH3 is 1. The molecule has 4 nitrogen and oxygen atoms in total. The molecule has 0 bridgehead atoms. The number of nitrogens with zero attached hydrogens (tertiary/aromatic N) is 1. The van der Waals surface area contributed by atoms with Crippen LogP contribution < -0.4 is 10.1 Å². The predicted octanol–water partition coefficient (Wildman–Crippen LogP) is 4.06. The van der Waals surface area contributed by atoms with Crippen molar-refractivity contribution in [1.29, 1.82) is 0 Å². The number of carbonyl (C=O) groups is 1. The number of ether oxygens (including phenoxy) is 1. The number of fused-ring (bicyclic) bond motifs is 1. The number of hydrogen-bond acceptors (Lipinski definition) is 4. The largest absolute Gasteiger partial charge is 0.497 e. The summed E-state index contributed by atoms with van der Waals surface area (Å²) in [6.07, 6.45) is 4.58. The Kier molecular flexibility index (Phi) is 6.23. The van der Waals surface area contributed by atoms with Crippen molar-refractivity contribution in [2.75, 3.05) is 26.7 Å². The van der Waals surface area contributed by atoms with Gasteiger partial charge in [0.2, 0.25) is 5.91 Å². The van der Waals surface area contributed by atoms with Gasteiger partial charge in [-0.3, -0.25) is 9.69 Å². The number of thioether (sulfide) groups is 1. The van der Waals surface area contributed by atoms with Crippen LogP contribution in [0.25, 0.3) is 0 Å². The molecular weight excluding hydrogens is 368 g/mol. The molecule has 2 aliphatic heterocycles. The molecule has 0 saturated carbocycles. The molecule has 0 spiro atoms. The Morgan fingerprint density at radius 2 is 1.89 bits per heavy atom. The van der Waals surface area contributed by atoms with Gasteiger partial charge in [-0.1, -0.05) is 36.8 Å². The molecule has 2 aliphatic rings. The van der Waals surface area contributed by atoms with Gasteiger partial charge in [0.1, 0.15) is 5.75 Å². The van der Waals surface area contributed by atoms with Gasteiger partial charge in [0.05, 0.1) is 18.4 Å². The summed E-state index contributed by atoms with van der Waals surface area (Å²) in [5, 5.41) is 3.23. The van der Waals surface area contributed by atoms with Crippen LogP contribution in [0.4, 0.5) is 0 Å². The molecule has 148 valence electrons. The summed E-state index contributed by atoms with van der Waals surface area (Å²) in [4.78, 5) is 16.6. The molecule has 1 N–H and O–H groups in total. The zero-order chi connectivity index (χ0) is 19.3. The molecule has 5 heteroatoms. The van der Waals surface area contributed by atoms with Gasteiger partial charge in [0.25, 0.3) is 0 Å². The van der Waals surface area contributed by atoms with Gasteiger partial charge in [-0.15, -0.1) is 11.8 Å². The topological polar surface area (TPSA) is 41.6 Å². The first-order chi connectivity index (χ1) is 13.7. The van der Waals surface area contributed by atoms with Crippen LogP contribution in [-0.2, 0) is 11.2 Å². The molecule has 2 atom stereocenters. The predicted molar refractivity (Wildman–Crippen MR) is 114 cm³/mol. The number of nitrogens with one attached hydrogen (secondary N) is 1. The smallest absolute Gasteiger partial charge is 0.233 e. The zero-order valence-corrected chi connectivity index (χ0v) is 17.2. The van der Waals surface area contributed by atoms with Gasteiger partial charge in [0.15, 0.2) is 0 Å². The Morgan fingerprint density at radius 1 is 1.14 bits per heavy atom. The lowest BCUT2D eigenvalue weighted by Crippen LogP contribution is -2.42. The van der Waals surface area contributed by atoms with E-state index in [0.717, 1.165) is 25.3 Å². The Labute approximate surface area is 171 Å². The van der Waals surface area contributed by atoms with E-state index in [2.05, 4.69) is 40.5 Å². The van der Waals surface area contributed by atoms with Crippen LogP contribution in [0.1, 0.15) is 36.4 Å². The average Bonchev–Trinajstić information content (AvgIpc) is 3.19. The first-order valence-corrected chi connectivity index (χ1v) is 11.0. The SMILES string of the molecule is COc1ccc([C@H](CNC(=O)[C@H]2Cc3ccccc3S2)N2CCCCC2)cc1. The first-order valence-electron chi connectivity index (χ1n) is 10.1. The number of hydrogen-bond donors (Lipinski definition) is 1. The standard InChI is InChI=1S/C23H28N2O2S/c1-27-19-11-9-17(10-12-19)20(25-13-5-2-6-14-25)16-24-23(26)22-15-18-7-3-4-8-21(18)28-22/h3-4,7-12,20,22H,2,5-6,13-16H2,1H3,(H,24,26)/t20-,22+/m0/s1. The van der Waals surface area contributed by atoms with E-state index in [1.54, 1.807) is 18.9 Å². The second-order valence-electron chi connectivity index (χ2n) is 7.55. The van der Waals surface area contributed by atoms with Crippen molar-refractivity contribution in [2.24, 2.45) is 0 Å². The lowest BCUT2D eigenvalue weighted by atomic mass is 10.0. The number of rotatable bonds is 6. The van der Waals surface area contributed by atoms with E-state index in [1.807, 2.05) is 18.2 Å². The highest BCUT2D eigenvalue weighted by molar-refractivity contribution is 8.01. The minimum absolute atomic E-state index is 0.0183. The van der Waals surface area contributed by atoms with E-state index in [4.69, 9.17) is 4.74 Å². The van der Waals surface area contributed by atoms with Crippen LogP contribution in [0.5, 0.6) is 5.75 Å². The third-order valence-corrected chi connectivity index (χ3v) is 7.06. The first kappa shape index (κ1) is 19.3. The minimum Gasteiger partial charge on any atom is -0.497 e. The third kappa shape index (κ3) is 4.36. The number of likely N-dealkylation sites (tertiary alicyclic amines) is 1. The average molecular weight is 397 g/mol. The molecule has 28 heavy (non-hydrogen) atoms. The quantitative estimate of drug-likeness (QED) is 0.800. The fourth-order valence-corrected chi connectivity index (χ4v) is 5.37. The van der Waals surface area contributed by atoms with Crippen molar-refractivity contribution in [1.82, 2.24) is 10.2 Å². The Balaban J connectivity index is 1.42. The monoisotopic (exact) mass is 396 g/mol. The molecule has 1 fully saturated rings. The van der Waals surface area contributed by atoms with E-state index < -0.39 is 0 Å². The van der Waals surface area contributed by atoms with Gasteiger partial charge in [-0.25, -0.2) is 0 Å². The van der Waals surface area contributed by atoms with E-state index in [9.17, 15) is 4.79 Å². The number of piperidine rings is 1. The molecule has 0 radical (unpaired) electrons. The highest BCUT2D eigenvalue weighted by atomic mass is 32.2. The van der Waals surface area contributed by atoms with Crippen LogP contribution in [0.15, 0.2) is 53.4 Å². The summed E-state index contributed by atoms with van der Waals surface area (Å²) in [6, 6.07) is 16.8. The molecule has 0 aliphatic carbocycles. The van der Waals surface area contributed by atoms with Crippen molar-refractivity contribution < 1.29 is 9.53 Å². The molecule has 0 aromatic heterocycles. The van der Waals surface area contributed by atoms with E-state index in [0.29, 0.717) is 6.54 Å². The molecule has 2 aromatic rings. The van der Waals surface area contributed by atoms with Crippen LogP contribution in [-0.4, -0.2) is 42.8 Å². The van der Waals surface area contributed by atoms with Gasteiger partial charge < -0.3 is 10.1 Å². The molecule has 0 unspecified atom stereocenters. The highest BCUT2D eigenvalue weighted by Crippen LogP contribution is 2.37. The van der Waals surface area contributed by atoms with E-state index >= 15 is 0 Å². The second-order valence-corrected chi connectivity index (χ2v) is 8.79. The summed E-state index contributed by atoms with van der Waals surface area (Å²) in [5.41, 5.74) is 2.53. The fraction of sp³-hybridized carbons (Fsp3) is 0.435. The summed E-state index contributed by atoms with van der Waals surface area (Å²) < 4.78 is 5.30. The number of amides is 1. The normalized spacial score (nSPS) is 20.4. The zero-order valence-electron chi connectivity index (χ0n) is 16.4. The Bertz CT molecular complexity index is 778. The Morgan fingerprint density at radius 3 is 2.61 bits per heavy atom. The molecule has 2 aromatic carbocycles. The summed E-state index contributed by atoms with van der Waals surface area (Å²) >= 11 is 1.69. The van der Waals surface area contributed by atoms with Gasteiger partial charge >= 0.3 is 0 Å². The molecule has 4 rings (SSSR count). The van der Waals surface area contributed by atoms with Crippen molar-refractivity contribution in [3.63, 3.8) is 0 Å². The van der Waals surface area contributed by atoms with Crippen LogP contribution >= 0.6 is 11.8 Å². The van der Waals surface area contributed by atoms with Crippen molar-refractivity contribution >= 4 is 17.7 Å². The molecular formula is C23H28N2O2S. The van der Waals surface area contributed by atoms with Crippen molar-refractivity contribution in [3.8, 4) is 5.75 Å². The highest BCUT2D eigenvalue weighted by Gasteiger charge is 2.29. The van der Waals surface area contributed by atoms with Crippen molar-refractivity contribution in [3.05, 3.63) is 59.7 Å². The lowest BCUT2D eigenvalue weighted by Gasteiger charge is -2.35. The fourth-order valence-electron chi connectivity index (χ4n) is 4.15. The maximum absolute atomic E-state index is 12.9. The maximum atomic E-state index is 12.9. The third-order valence-electron chi connectivity index (χ3n) is 5.74. The molecule has 1 amide bonds. The summed E-state index contributed by atoms with van der Waals surface area (Å²) in [7, 11) is 1.69. The second kappa shape index (κ2) is 9.01. The van der Waals surface area contributed by atoms with E-state index in [1.165, 1.54) is 35.3 Å². The van der Waals surface area contributed by atoms with Gasteiger partial charge in [-0.2, -0.15) is 0 Å². The summed E-state index contributed by atoms with van der Waals surface area (Å²) in [6.45, 7) is 2.84. The van der Waals surface area contributed by atoms with Gasteiger partial charge in [0, 0.05) is 11.4 Å². The van der Waals surface area contributed by atoms with E-state index in [-0.39, 0.29) is 17.2 Å². The minimum atomic E-state index is -0.0183. The Hall–Kier alpha value is -1.98. The van der Waals surface area contributed by atoms with Crippen LogP contribution in [0, 0.1) is 0 Å². The van der Waals surface area contributed by atoms with Crippen molar-refractivity contribution in [2.45, 2.75) is 41.9 Å². The molecule has 1 saturated heterocycles.